The SMILES string of the molecule is OCC1OC(OC2(CO)OC3(O)C(CO)C3C2O)[C@H](O)C[C@@H]1O. The highest BCUT2D eigenvalue weighted by Crippen LogP contribution is 2.63. The van der Waals surface area contributed by atoms with Gasteiger partial charge in [-0.05, 0) is 0 Å². The summed E-state index contributed by atoms with van der Waals surface area (Å²) < 4.78 is 15.9. The third kappa shape index (κ3) is 2.50. The maximum absolute atomic E-state index is 10.3. The molecule has 0 bridgehead atoms. The number of rotatable bonds is 5. The molecule has 3 fully saturated rings. The minimum absolute atomic E-state index is 0.138. The molecule has 10 heteroatoms. The van der Waals surface area contributed by atoms with Gasteiger partial charge in [0, 0.05) is 12.3 Å². The van der Waals surface area contributed by atoms with Crippen LogP contribution >= 0.6 is 0 Å². The van der Waals surface area contributed by atoms with Gasteiger partial charge in [0.1, 0.15) is 24.9 Å². The van der Waals surface area contributed by atoms with Crippen molar-refractivity contribution in [3.05, 3.63) is 0 Å². The number of aliphatic hydroxyl groups is 7. The summed E-state index contributed by atoms with van der Waals surface area (Å²) in [5.74, 6) is -5.37. The Morgan fingerprint density at radius 3 is 2.22 bits per heavy atom. The van der Waals surface area contributed by atoms with E-state index in [2.05, 4.69) is 0 Å². The number of hydrogen-bond acceptors (Lipinski definition) is 10. The third-order valence-corrected chi connectivity index (χ3v) is 4.91. The number of fused-ring (bicyclic) bond motifs is 1. The number of hydrogen-bond donors (Lipinski definition) is 7. The lowest BCUT2D eigenvalue weighted by Crippen LogP contribution is -2.58. The zero-order valence-electron chi connectivity index (χ0n) is 12.2. The van der Waals surface area contributed by atoms with Crippen molar-refractivity contribution in [3.8, 4) is 0 Å². The molecule has 10 nitrogen and oxygen atoms in total. The molecule has 0 spiro atoms. The lowest BCUT2D eigenvalue weighted by Gasteiger charge is -2.42. The van der Waals surface area contributed by atoms with Gasteiger partial charge in [0.15, 0.2) is 12.1 Å². The van der Waals surface area contributed by atoms with Crippen molar-refractivity contribution in [3.63, 3.8) is 0 Å². The van der Waals surface area contributed by atoms with Crippen molar-refractivity contribution in [1.29, 1.82) is 0 Å². The second-order valence-corrected chi connectivity index (χ2v) is 6.30. The molecule has 0 aromatic carbocycles. The summed E-state index contributed by atoms with van der Waals surface area (Å²) in [5.41, 5.74) is 0. The average Bonchev–Trinajstić information content (AvgIpc) is 3.03. The van der Waals surface area contributed by atoms with Crippen LogP contribution in [-0.4, -0.2) is 97.8 Å². The van der Waals surface area contributed by atoms with Crippen LogP contribution in [0.25, 0.3) is 0 Å². The van der Waals surface area contributed by atoms with Crippen LogP contribution in [0.5, 0.6) is 0 Å². The van der Waals surface area contributed by atoms with Crippen molar-refractivity contribution < 1.29 is 50.0 Å². The second kappa shape index (κ2) is 5.85. The summed E-state index contributed by atoms with van der Waals surface area (Å²) in [4.78, 5) is 0. The maximum atomic E-state index is 10.3. The maximum Gasteiger partial charge on any atom is 0.223 e. The molecule has 2 aliphatic heterocycles. The van der Waals surface area contributed by atoms with Crippen LogP contribution in [0.1, 0.15) is 6.42 Å². The largest absolute Gasteiger partial charge is 0.396 e. The lowest BCUT2D eigenvalue weighted by atomic mass is 10.0. The predicted octanol–water partition coefficient (Wildman–Crippen LogP) is -4.16. The second-order valence-electron chi connectivity index (χ2n) is 6.30. The van der Waals surface area contributed by atoms with Gasteiger partial charge >= 0.3 is 0 Å². The Balaban J connectivity index is 1.73. The van der Waals surface area contributed by atoms with Gasteiger partial charge in [-0.15, -0.1) is 0 Å². The van der Waals surface area contributed by atoms with E-state index >= 15 is 0 Å². The summed E-state index contributed by atoms with van der Waals surface area (Å²) in [6.45, 7) is -1.74. The topological polar surface area (TPSA) is 169 Å². The Bertz CT molecular complexity index is 448. The summed E-state index contributed by atoms with van der Waals surface area (Å²) >= 11 is 0. The van der Waals surface area contributed by atoms with E-state index in [1.54, 1.807) is 0 Å². The Kier molecular flexibility index (Phi) is 4.43. The van der Waals surface area contributed by atoms with E-state index in [0.29, 0.717) is 0 Å². The highest BCUT2D eigenvalue weighted by Gasteiger charge is 2.80. The van der Waals surface area contributed by atoms with E-state index in [-0.39, 0.29) is 6.42 Å². The molecule has 1 aliphatic carbocycles. The number of ether oxygens (including phenoxy) is 3. The van der Waals surface area contributed by atoms with Crippen LogP contribution in [0.4, 0.5) is 0 Å². The van der Waals surface area contributed by atoms with Crippen LogP contribution in [0, 0.1) is 11.8 Å². The molecule has 7 unspecified atom stereocenters. The minimum atomic E-state index is -2.03. The first-order valence-electron chi connectivity index (χ1n) is 7.45. The third-order valence-electron chi connectivity index (χ3n) is 4.91. The highest BCUT2D eigenvalue weighted by atomic mass is 16.8. The zero-order chi connectivity index (χ0) is 17.0. The standard InChI is InChI=1S/C13H22O10/c14-2-5-9-10(19)12(4-16,23-13(5,9)20)22-11-7(18)1-6(17)8(3-15)21-11/h5-11,14-20H,1-4H2/t5?,6-,7+,8?,9?,10?,11?,12?,13?/m0/s1. The van der Waals surface area contributed by atoms with Gasteiger partial charge in [0.25, 0.3) is 0 Å². The van der Waals surface area contributed by atoms with Crippen LogP contribution in [0.15, 0.2) is 0 Å². The Morgan fingerprint density at radius 2 is 1.74 bits per heavy atom. The zero-order valence-corrected chi connectivity index (χ0v) is 12.2. The van der Waals surface area contributed by atoms with Gasteiger partial charge in [-0.1, -0.05) is 0 Å². The Labute approximate surface area is 131 Å². The van der Waals surface area contributed by atoms with Crippen molar-refractivity contribution in [1.82, 2.24) is 0 Å². The fourth-order valence-corrected chi connectivity index (χ4v) is 3.48. The molecule has 23 heavy (non-hydrogen) atoms. The summed E-state index contributed by atoms with van der Waals surface area (Å²) in [7, 11) is 0. The van der Waals surface area contributed by atoms with E-state index in [1.807, 2.05) is 0 Å². The molecule has 3 rings (SSSR count). The summed E-state index contributed by atoms with van der Waals surface area (Å²) in [6, 6.07) is 0. The molecule has 0 aromatic heterocycles. The van der Waals surface area contributed by atoms with E-state index < -0.39 is 73.9 Å². The Hall–Kier alpha value is -0.400. The summed E-state index contributed by atoms with van der Waals surface area (Å²) in [6.07, 6.45) is -6.35. The molecule has 7 N–H and O–H groups in total. The molecule has 1 saturated carbocycles. The van der Waals surface area contributed by atoms with Crippen molar-refractivity contribution in [2.45, 2.75) is 48.7 Å². The average molecular weight is 338 g/mol. The molecule has 0 radical (unpaired) electrons. The normalized spacial score (nSPS) is 55.7. The molecular formula is C13H22O10. The molecular weight excluding hydrogens is 316 g/mol. The first-order valence-corrected chi connectivity index (χ1v) is 7.45. The van der Waals surface area contributed by atoms with Gasteiger partial charge in [-0.3, -0.25) is 0 Å². The molecule has 2 heterocycles. The Morgan fingerprint density at radius 1 is 1.04 bits per heavy atom. The molecule has 134 valence electrons. The van der Waals surface area contributed by atoms with Gasteiger partial charge in [0.2, 0.25) is 5.79 Å². The highest BCUT2D eigenvalue weighted by molar-refractivity contribution is 5.18. The molecule has 0 amide bonds. The van der Waals surface area contributed by atoms with Crippen LogP contribution in [-0.2, 0) is 14.2 Å². The van der Waals surface area contributed by atoms with Crippen LogP contribution < -0.4 is 0 Å². The van der Waals surface area contributed by atoms with Crippen LogP contribution in [0.3, 0.4) is 0 Å². The number of aliphatic hydroxyl groups excluding tert-OH is 6. The van der Waals surface area contributed by atoms with Gasteiger partial charge in [-0.2, -0.15) is 0 Å². The smallest absolute Gasteiger partial charge is 0.223 e. The lowest BCUT2D eigenvalue weighted by molar-refractivity contribution is -0.395. The quantitative estimate of drug-likeness (QED) is 0.261. The van der Waals surface area contributed by atoms with Gasteiger partial charge < -0.3 is 50.0 Å². The van der Waals surface area contributed by atoms with E-state index in [9.17, 15) is 25.5 Å². The summed E-state index contributed by atoms with van der Waals surface area (Å²) in [5, 5.41) is 67.9. The molecule has 2 saturated heterocycles. The van der Waals surface area contributed by atoms with E-state index in [0.717, 1.165) is 0 Å². The molecule has 0 aromatic rings. The predicted molar refractivity (Wildman–Crippen MR) is 69.4 cm³/mol. The molecule has 9 atom stereocenters. The van der Waals surface area contributed by atoms with E-state index in [1.165, 1.54) is 0 Å². The van der Waals surface area contributed by atoms with E-state index in [4.69, 9.17) is 24.4 Å². The van der Waals surface area contributed by atoms with Crippen LogP contribution in [0.2, 0.25) is 0 Å². The van der Waals surface area contributed by atoms with Crippen molar-refractivity contribution in [2.24, 2.45) is 11.8 Å². The fourth-order valence-electron chi connectivity index (χ4n) is 3.48. The van der Waals surface area contributed by atoms with Gasteiger partial charge in [-0.25, -0.2) is 0 Å². The van der Waals surface area contributed by atoms with Gasteiger partial charge in [0.05, 0.1) is 25.2 Å². The monoisotopic (exact) mass is 338 g/mol. The fraction of sp³-hybridized carbons (Fsp3) is 1.00. The molecule has 3 aliphatic rings. The van der Waals surface area contributed by atoms with Crippen molar-refractivity contribution >= 4 is 0 Å². The first kappa shape index (κ1) is 17.4. The first-order chi connectivity index (χ1) is 10.8. The minimum Gasteiger partial charge on any atom is -0.396 e. The van der Waals surface area contributed by atoms with Crippen molar-refractivity contribution in [2.75, 3.05) is 19.8 Å².